The summed E-state index contributed by atoms with van der Waals surface area (Å²) < 4.78 is 6.53. The first-order valence-electron chi connectivity index (χ1n) is 9.84. The van der Waals surface area contributed by atoms with E-state index in [9.17, 15) is 4.79 Å². The maximum atomic E-state index is 13.2. The SMILES string of the molecule is Cc1ccc(N2C(=O)/C(=C\c3ccccc3OCc3ccc(Cl)cc3Cl)SC2=S)cc1C. The molecule has 3 nitrogen and oxygen atoms in total. The summed E-state index contributed by atoms with van der Waals surface area (Å²) in [5.41, 5.74) is 4.67. The molecular formula is C25H19Cl2NO2S2. The van der Waals surface area contributed by atoms with Gasteiger partial charge in [0.25, 0.3) is 5.91 Å². The van der Waals surface area contributed by atoms with Crippen LogP contribution in [0.5, 0.6) is 5.75 Å². The monoisotopic (exact) mass is 499 g/mol. The van der Waals surface area contributed by atoms with Crippen molar-refractivity contribution in [2.45, 2.75) is 20.5 Å². The molecule has 0 radical (unpaired) electrons. The number of ether oxygens (including phenoxy) is 1. The third kappa shape index (κ3) is 4.86. The zero-order chi connectivity index (χ0) is 22.8. The molecule has 1 aliphatic rings. The highest BCUT2D eigenvalue weighted by Gasteiger charge is 2.33. The number of amides is 1. The van der Waals surface area contributed by atoms with Gasteiger partial charge in [0.15, 0.2) is 4.32 Å². The Balaban J connectivity index is 1.58. The van der Waals surface area contributed by atoms with E-state index in [0.29, 0.717) is 25.0 Å². The largest absolute Gasteiger partial charge is 0.488 e. The van der Waals surface area contributed by atoms with Crippen LogP contribution >= 0.6 is 47.2 Å². The molecule has 1 aliphatic heterocycles. The smallest absolute Gasteiger partial charge is 0.270 e. The van der Waals surface area contributed by atoms with Crippen molar-refractivity contribution in [3.05, 3.63) is 97.9 Å². The summed E-state index contributed by atoms with van der Waals surface area (Å²) in [5.74, 6) is 0.508. The van der Waals surface area contributed by atoms with Crippen LogP contribution in [0.15, 0.2) is 65.6 Å². The second-order valence-electron chi connectivity index (χ2n) is 7.35. The first-order valence-corrected chi connectivity index (χ1v) is 11.8. The second-order valence-corrected chi connectivity index (χ2v) is 9.87. The van der Waals surface area contributed by atoms with Gasteiger partial charge in [-0.15, -0.1) is 0 Å². The van der Waals surface area contributed by atoms with E-state index in [1.807, 2.05) is 68.5 Å². The summed E-state index contributed by atoms with van der Waals surface area (Å²) in [6.07, 6.45) is 1.82. The van der Waals surface area contributed by atoms with Crippen molar-refractivity contribution in [2.75, 3.05) is 4.90 Å². The third-order valence-electron chi connectivity index (χ3n) is 5.15. The highest BCUT2D eigenvalue weighted by Crippen LogP contribution is 2.37. The summed E-state index contributed by atoms with van der Waals surface area (Å²) in [6, 6.07) is 18.7. The molecule has 0 bridgehead atoms. The van der Waals surface area contributed by atoms with E-state index >= 15 is 0 Å². The minimum absolute atomic E-state index is 0.140. The van der Waals surface area contributed by atoms with Gasteiger partial charge in [-0.25, -0.2) is 0 Å². The average Bonchev–Trinajstić information content (AvgIpc) is 3.03. The number of carbonyl (C=O) groups is 1. The van der Waals surface area contributed by atoms with Gasteiger partial charge in [0, 0.05) is 21.2 Å². The maximum Gasteiger partial charge on any atom is 0.270 e. The molecule has 1 fully saturated rings. The molecule has 0 aromatic heterocycles. The van der Waals surface area contributed by atoms with E-state index in [2.05, 4.69) is 0 Å². The number of thioether (sulfide) groups is 1. The number of anilines is 1. The van der Waals surface area contributed by atoms with Crippen LogP contribution in [0.3, 0.4) is 0 Å². The fraction of sp³-hybridized carbons (Fsp3) is 0.120. The van der Waals surface area contributed by atoms with E-state index in [4.69, 9.17) is 40.2 Å². The Labute approximate surface area is 207 Å². The molecule has 0 aliphatic carbocycles. The number of carbonyl (C=O) groups excluding carboxylic acids is 1. The van der Waals surface area contributed by atoms with E-state index in [1.54, 1.807) is 17.0 Å². The summed E-state index contributed by atoms with van der Waals surface area (Å²) in [4.78, 5) is 15.3. The Bertz CT molecular complexity index is 1260. The van der Waals surface area contributed by atoms with Crippen molar-refractivity contribution in [2.24, 2.45) is 0 Å². The van der Waals surface area contributed by atoms with Crippen molar-refractivity contribution in [1.29, 1.82) is 0 Å². The number of aryl methyl sites for hydroxylation is 2. The highest BCUT2D eigenvalue weighted by molar-refractivity contribution is 8.27. The third-order valence-corrected chi connectivity index (χ3v) is 7.04. The molecule has 1 amide bonds. The van der Waals surface area contributed by atoms with Crippen LogP contribution in [-0.2, 0) is 11.4 Å². The van der Waals surface area contributed by atoms with E-state index < -0.39 is 0 Å². The van der Waals surface area contributed by atoms with Crippen LogP contribution in [0.25, 0.3) is 6.08 Å². The summed E-state index contributed by atoms with van der Waals surface area (Å²) in [7, 11) is 0. The quantitative estimate of drug-likeness (QED) is 0.267. The summed E-state index contributed by atoms with van der Waals surface area (Å²) in [6.45, 7) is 4.34. The molecule has 1 saturated heterocycles. The zero-order valence-electron chi connectivity index (χ0n) is 17.4. The Morgan fingerprint density at radius 3 is 2.56 bits per heavy atom. The molecule has 0 unspecified atom stereocenters. The summed E-state index contributed by atoms with van der Waals surface area (Å²) in [5, 5.41) is 1.12. The normalized spacial score (nSPS) is 15.0. The number of rotatable bonds is 5. The number of para-hydroxylation sites is 1. The van der Waals surface area contributed by atoms with Gasteiger partial charge in [0.05, 0.1) is 10.6 Å². The molecular weight excluding hydrogens is 481 g/mol. The maximum absolute atomic E-state index is 13.2. The average molecular weight is 500 g/mol. The lowest BCUT2D eigenvalue weighted by Crippen LogP contribution is -2.27. The lowest BCUT2D eigenvalue weighted by molar-refractivity contribution is -0.113. The van der Waals surface area contributed by atoms with Crippen LogP contribution in [0.4, 0.5) is 5.69 Å². The zero-order valence-corrected chi connectivity index (χ0v) is 20.5. The Kier molecular flexibility index (Phi) is 6.91. The fourth-order valence-electron chi connectivity index (χ4n) is 3.22. The van der Waals surface area contributed by atoms with Crippen LogP contribution in [0, 0.1) is 13.8 Å². The predicted molar refractivity (Wildman–Crippen MR) is 139 cm³/mol. The standard InChI is InChI=1S/C25H19Cl2NO2S2/c1-15-7-10-20(11-16(15)2)28-24(29)23(32-25(28)31)12-17-5-3-4-6-22(17)30-14-18-8-9-19(26)13-21(18)27/h3-13H,14H2,1-2H3/b23-12+. The van der Waals surface area contributed by atoms with Gasteiger partial charge in [-0.05, 0) is 61.4 Å². The Hall–Kier alpha value is -2.31. The predicted octanol–water partition coefficient (Wildman–Crippen LogP) is 7.60. The first kappa shape index (κ1) is 22.9. The number of hydrogen-bond donors (Lipinski definition) is 0. The topological polar surface area (TPSA) is 29.5 Å². The number of nitrogens with zero attached hydrogens (tertiary/aromatic N) is 1. The van der Waals surface area contributed by atoms with Crippen molar-refractivity contribution < 1.29 is 9.53 Å². The lowest BCUT2D eigenvalue weighted by atomic mass is 10.1. The minimum atomic E-state index is -0.140. The van der Waals surface area contributed by atoms with Gasteiger partial charge in [0.2, 0.25) is 0 Å². The molecule has 7 heteroatoms. The molecule has 32 heavy (non-hydrogen) atoms. The Morgan fingerprint density at radius 2 is 1.81 bits per heavy atom. The van der Waals surface area contributed by atoms with Gasteiger partial charge in [-0.3, -0.25) is 9.69 Å². The summed E-state index contributed by atoms with van der Waals surface area (Å²) >= 11 is 19.0. The molecule has 3 aromatic carbocycles. The van der Waals surface area contributed by atoms with Crippen LogP contribution in [-0.4, -0.2) is 10.2 Å². The van der Waals surface area contributed by atoms with Crippen molar-refractivity contribution in [3.8, 4) is 5.75 Å². The van der Waals surface area contributed by atoms with E-state index in [0.717, 1.165) is 22.4 Å². The number of halogens is 2. The van der Waals surface area contributed by atoms with Crippen LogP contribution in [0.1, 0.15) is 22.3 Å². The molecule has 1 heterocycles. The first-order chi connectivity index (χ1) is 15.3. The van der Waals surface area contributed by atoms with Gasteiger partial charge >= 0.3 is 0 Å². The lowest BCUT2D eigenvalue weighted by Gasteiger charge is -2.16. The Morgan fingerprint density at radius 1 is 1.03 bits per heavy atom. The molecule has 0 atom stereocenters. The van der Waals surface area contributed by atoms with E-state index in [1.165, 1.54) is 17.3 Å². The molecule has 0 saturated carbocycles. The number of hydrogen-bond acceptors (Lipinski definition) is 4. The van der Waals surface area contributed by atoms with E-state index in [-0.39, 0.29) is 12.5 Å². The molecule has 0 N–H and O–H groups in total. The minimum Gasteiger partial charge on any atom is -0.488 e. The van der Waals surface area contributed by atoms with Crippen molar-refractivity contribution in [1.82, 2.24) is 0 Å². The molecule has 3 aromatic rings. The molecule has 162 valence electrons. The van der Waals surface area contributed by atoms with Crippen molar-refractivity contribution >= 4 is 69.2 Å². The van der Waals surface area contributed by atoms with Gasteiger partial charge in [-0.2, -0.15) is 0 Å². The molecule has 4 rings (SSSR count). The van der Waals surface area contributed by atoms with Crippen molar-refractivity contribution in [3.63, 3.8) is 0 Å². The van der Waals surface area contributed by atoms with Crippen LogP contribution < -0.4 is 9.64 Å². The van der Waals surface area contributed by atoms with Gasteiger partial charge in [-0.1, -0.05) is 77.5 Å². The highest BCUT2D eigenvalue weighted by atomic mass is 35.5. The van der Waals surface area contributed by atoms with Crippen LogP contribution in [0.2, 0.25) is 10.0 Å². The fourth-order valence-corrected chi connectivity index (χ4v) is 4.97. The second kappa shape index (κ2) is 9.67. The number of benzene rings is 3. The molecule has 0 spiro atoms. The number of thiocarbonyl (C=S) groups is 1. The van der Waals surface area contributed by atoms with Gasteiger partial charge in [0.1, 0.15) is 12.4 Å². The van der Waals surface area contributed by atoms with Gasteiger partial charge < -0.3 is 4.74 Å².